The highest BCUT2D eigenvalue weighted by atomic mass is 16.2. The molecule has 2 atom stereocenters. The zero-order valence-corrected chi connectivity index (χ0v) is 12.1. The smallest absolute Gasteiger partial charge is 0.236 e. The molecular weight excluding hydrogens is 254 g/mol. The molecule has 0 radical (unpaired) electrons. The number of carbonyl (C=O) groups is 1. The van der Waals surface area contributed by atoms with Gasteiger partial charge in [0.25, 0.3) is 0 Å². The fourth-order valence-corrected chi connectivity index (χ4v) is 2.66. The summed E-state index contributed by atoms with van der Waals surface area (Å²) in [5, 5.41) is 17.3. The van der Waals surface area contributed by atoms with Gasteiger partial charge in [0.1, 0.15) is 0 Å². The summed E-state index contributed by atoms with van der Waals surface area (Å²) in [4.78, 5) is 15.9. The Labute approximate surface area is 120 Å². The maximum atomic E-state index is 12.3. The van der Waals surface area contributed by atoms with Crippen LogP contribution in [0.1, 0.15) is 26.2 Å². The molecule has 2 N–H and O–H groups in total. The van der Waals surface area contributed by atoms with E-state index < -0.39 is 0 Å². The molecule has 6 nitrogen and oxygen atoms in total. The topological polar surface area (TPSA) is 97.2 Å². The molecule has 1 fully saturated rings. The van der Waals surface area contributed by atoms with Gasteiger partial charge in [0.2, 0.25) is 5.91 Å². The summed E-state index contributed by atoms with van der Waals surface area (Å²) in [5.74, 6) is 0.481. The van der Waals surface area contributed by atoms with Crippen molar-refractivity contribution in [1.82, 2.24) is 9.80 Å². The summed E-state index contributed by atoms with van der Waals surface area (Å²) in [6.45, 7) is 4.87. The second-order valence-electron chi connectivity index (χ2n) is 5.49. The molecular formula is C14H23N5O. The summed E-state index contributed by atoms with van der Waals surface area (Å²) in [6, 6.07) is 4.20. The van der Waals surface area contributed by atoms with Gasteiger partial charge in [-0.3, -0.25) is 9.69 Å². The number of nitrogens with two attached hydrogens (primary N) is 1. The molecule has 0 aromatic carbocycles. The average molecular weight is 277 g/mol. The van der Waals surface area contributed by atoms with Crippen LogP contribution in [0.15, 0.2) is 0 Å². The van der Waals surface area contributed by atoms with Crippen molar-refractivity contribution in [3.05, 3.63) is 0 Å². The lowest BCUT2D eigenvalue weighted by Gasteiger charge is -2.35. The number of carbonyl (C=O) groups excluding carboxylic acids is 1. The minimum Gasteiger partial charge on any atom is -0.340 e. The molecule has 1 rings (SSSR count). The first kappa shape index (κ1) is 16.4. The molecule has 20 heavy (non-hydrogen) atoms. The molecule has 0 spiro atoms. The van der Waals surface area contributed by atoms with E-state index in [2.05, 4.69) is 11.8 Å². The fourth-order valence-electron chi connectivity index (χ4n) is 2.66. The minimum absolute atomic E-state index is 0.0169. The monoisotopic (exact) mass is 277 g/mol. The third kappa shape index (κ3) is 5.56. The van der Waals surface area contributed by atoms with Crippen molar-refractivity contribution in [2.24, 2.45) is 11.7 Å². The molecule has 0 aliphatic carbocycles. The lowest BCUT2D eigenvalue weighted by Crippen LogP contribution is -2.50. The van der Waals surface area contributed by atoms with Crippen LogP contribution in [-0.4, -0.2) is 54.5 Å². The molecule has 0 aromatic rings. The molecule has 1 amide bonds. The van der Waals surface area contributed by atoms with Gasteiger partial charge in [-0.25, -0.2) is 0 Å². The van der Waals surface area contributed by atoms with E-state index in [0.29, 0.717) is 38.4 Å². The van der Waals surface area contributed by atoms with Gasteiger partial charge in [-0.1, -0.05) is 6.92 Å². The largest absolute Gasteiger partial charge is 0.340 e. The zero-order valence-electron chi connectivity index (χ0n) is 12.1. The maximum absolute atomic E-state index is 12.3. The Balaban J connectivity index is 2.51. The Kier molecular flexibility index (Phi) is 7.00. The van der Waals surface area contributed by atoms with Gasteiger partial charge in [0.15, 0.2) is 0 Å². The van der Waals surface area contributed by atoms with Crippen LogP contribution in [0, 0.1) is 28.6 Å². The predicted octanol–water partition coefficient (Wildman–Crippen LogP) is 0.311. The number of likely N-dealkylation sites (tertiary alicyclic amines) is 1. The van der Waals surface area contributed by atoms with E-state index in [1.54, 1.807) is 4.90 Å². The Hall–Kier alpha value is -1.63. The van der Waals surface area contributed by atoms with Crippen LogP contribution in [-0.2, 0) is 4.79 Å². The Morgan fingerprint density at radius 1 is 1.30 bits per heavy atom. The van der Waals surface area contributed by atoms with E-state index in [1.165, 1.54) is 0 Å². The highest BCUT2D eigenvalue weighted by Gasteiger charge is 2.25. The second kappa shape index (κ2) is 8.52. The normalized spacial score (nSPS) is 22.8. The quantitative estimate of drug-likeness (QED) is 0.753. The van der Waals surface area contributed by atoms with Gasteiger partial charge in [0.05, 0.1) is 31.5 Å². The molecule has 110 valence electrons. The number of hydrogen-bond donors (Lipinski definition) is 1. The van der Waals surface area contributed by atoms with Crippen molar-refractivity contribution in [3.63, 3.8) is 0 Å². The average Bonchev–Trinajstić information content (AvgIpc) is 2.37. The zero-order chi connectivity index (χ0) is 15.0. The van der Waals surface area contributed by atoms with Crippen molar-refractivity contribution in [3.8, 4) is 12.1 Å². The van der Waals surface area contributed by atoms with E-state index in [4.69, 9.17) is 16.3 Å². The molecule has 1 aliphatic heterocycles. The Bertz CT molecular complexity index is 369. The summed E-state index contributed by atoms with van der Waals surface area (Å²) in [5.41, 5.74) is 5.98. The molecule has 0 bridgehead atoms. The first-order chi connectivity index (χ1) is 9.56. The highest BCUT2D eigenvalue weighted by molar-refractivity contribution is 5.78. The van der Waals surface area contributed by atoms with Crippen molar-refractivity contribution < 1.29 is 4.79 Å². The molecule has 2 unspecified atom stereocenters. The highest BCUT2D eigenvalue weighted by Crippen LogP contribution is 2.14. The lowest BCUT2D eigenvalue weighted by molar-refractivity contribution is -0.132. The van der Waals surface area contributed by atoms with E-state index in [1.807, 2.05) is 12.1 Å². The number of nitrogens with zero attached hydrogens (tertiary/aromatic N) is 4. The molecule has 6 heteroatoms. The van der Waals surface area contributed by atoms with Crippen LogP contribution in [0.5, 0.6) is 0 Å². The van der Waals surface area contributed by atoms with Gasteiger partial charge in [-0.05, 0) is 12.3 Å². The van der Waals surface area contributed by atoms with Crippen LogP contribution in [0.25, 0.3) is 0 Å². The molecule has 1 heterocycles. The molecule has 0 aromatic heterocycles. The molecule has 0 saturated carbocycles. The maximum Gasteiger partial charge on any atom is 0.236 e. The number of rotatable bonds is 6. The van der Waals surface area contributed by atoms with Crippen molar-refractivity contribution in [2.45, 2.75) is 32.2 Å². The first-order valence-electron chi connectivity index (χ1n) is 7.06. The summed E-state index contributed by atoms with van der Waals surface area (Å²) >= 11 is 0. The van der Waals surface area contributed by atoms with E-state index in [9.17, 15) is 4.79 Å². The molecule has 1 aliphatic rings. The van der Waals surface area contributed by atoms with Gasteiger partial charge >= 0.3 is 0 Å². The van der Waals surface area contributed by atoms with E-state index >= 15 is 0 Å². The van der Waals surface area contributed by atoms with Crippen LogP contribution >= 0.6 is 0 Å². The SMILES string of the molecule is CC1CC(N)CN(CC(=O)N(CCC#N)CCC#N)C1. The summed E-state index contributed by atoms with van der Waals surface area (Å²) in [6.07, 6.45) is 1.59. The van der Waals surface area contributed by atoms with Gasteiger partial charge in [-0.15, -0.1) is 0 Å². The Morgan fingerprint density at radius 2 is 1.90 bits per heavy atom. The molecule has 1 saturated heterocycles. The van der Waals surface area contributed by atoms with Gasteiger partial charge in [-0.2, -0.15) is 10.5 Å². The summed E-state index contributed by atoms with van der Waals surface area (Å²) < 4.78 is 0. The third-order valence-corrected chi connectivity index (χ3v) is 3.47. The van der Waals surface area contributed by atoms with E-state index in [0.717, 1.165) is 19.5 Å². The standard InChI is InChI=1S/C14H23N5O/c1-12-8-13(17)10-18(9-12)11-14(20)19(6-2-4-15)7-3-5-16/h12-13H,2-3,6-11,17H2,1H3. The number of piperidine rings is 1. The van der Waals surface area contributed by atoms with Crippen molar-refractivity contribution >= 4 is 5.91 Å². The third-order valence-electron chi connectivity index (χ3n) is 3.47. The van der Waals surface area contributed by atoms with Crippen LogP contribution in [0.2, 0.25) is 0 Å². The second-order valence-corrected chi connectivity index (χ2v) is 5.49. The lowest BCUT2D eigenvalue weighted by atomic mass is 9.96. The predicted molar refractivity (Wildman–Crippen MR) is 75.2 cm³/mol. The number of hydrogen-bond acceptors (Lipinski definition) is 5. The van der Waals surface area contributed by atoms with Crippen molar-refractivity contribution in [1.29, 1.82) is 10.5 Å². The summed E-state index contributed by atoms with van der Waals surface area (Å²) in [7, 11) is 0. The van der Waals surface area contributed by atoms with Gasteiger partial charge < -0.3 is 10.6 Å². The van der Waals surface area contributed by atoms with Crippen molar-refractivity contribution in [2.75, 3.05) is 32.7 Å². The van der Waals surface area contributed by atoms with Gasteiger partial charge in [0, 0.05) is 32.2 Å². The minimum atomic E-state index is -0.0169. The first-order valence-corrected chi connectivity index (χ1v) is 7.06. The Morgan fingerprint density at radius 3 is 2.40 bits per heavy atom. The van der Waals surface area contributed by atoms with Crippen LogP contribution in [0.3, 0.4) is 0 Å². The number of nitriles is 2. The van der Waals surface area contributed by atoms with E-state index in [-0.39, 0.29) is 11.9 Å². The van der Waals surface area contributed by atoms with Crippen LogP contribution < -0.4 is 5.73 Å². The number of amides is 1. The fraction of sp³-hybridized carbons (Fsp3) is 0.786. The van der Waals surface area contributed by atoms with Crippen LogP contribution in [0.4, 0.5) is 0 Å².